The van der Waals surface area contributed by atoms with E-state index in [1.54, 1.807) is 19.1 Å². The van der Waals surface area contributed by atoms with Gasteiger partial charge in [0.05, 0.1) is 17.2 Å². The van der Waals surface area contributed by atoms with Gasteiger partial charge in [0.15, 0.2) is 0 Å². The van der Waals surface area contributed by atoms with Crippen molar-refractivity contribution in [2.75, 3.05) is 6.54 Å². The van der Waals surface area contributed by atoms with Crippen LogP contribution in [0.15, 0.2) is 64.6 Å². The Hall–Kier alpha value is -2.51. The van der Waals surface area contributed by atoms with Crippen molar-refractivity contribution in [3.05, 3.63) is 65.7 Å². The fourth-order valence-electron chi connectivity index (χ4n) is 1.89. The second-order valence-electron chi connectivity index (χ2n) is 5.24. The molecule has 2 aromatic carbocycles. The molecule has 2 N–H and O–H groups in total. The molecule has 0 saturated heterocycles. The van der Waals surface area contributed by atoms with Gasteiger partial charge >= 0.3 is 0 Å². The molecule has 0 spiro atoms. The Morgan fingerprint density at radius 2 is 1.67 bits per heavy atom. The van der Waals surface area contributed by atoms with Crippen LogP contribution < -0.4 is 10.1 Å². The Balaban J connectivity index is 1.92. The maximum Gasteiger partial charge on any atom is 0.255 e. The van der Waals surface area contributed by atoms with Crippen LogP contribution in [0.4, 0.5) is 0 Å². The van der Waals surface area contributed by atoms with Crippen LogP contribution in [-0.2, 0) is 14.8 Å². The van der Waals surface area contributed by atoms with E-state index in [9.17, 15) is 13.2 Å². The monoisotopic (exact) mass is 345 g/mol. The summed E-state index contributed by atoms with van der Waals surface area (Å²) in [6.45, 7) is 3.23. The first-order valence-electron chi connectivity index (χ1n) is 7.33. The maximum absolute atomic E-state index is 12.1. The van der Waals surface area contributed by atoms with Crippen molar-refractivity contribution in [1.29, 1.82) is 0 Å². The Bertz CT molecular complexity index is 829. The quantitative estimate of drug-likeness (QED) is 0.618. The van der Waals surface area contributed by atoms with Crippen molar-refractivity contribution in [3.63, 3.8) is 0 Å². The van der Waals surface area contributed by atoms with Crippen LogP contribution in [0.2, 0.25) is 0 Å². The third-order valence-electron chi connectivity index (χ3n) is 3.29. The number of aryl methyl sites for hydroxylation is 1. The fraction of sp³-hybridized carbons (Fsp3) is 0.176. The smallest absolute Gasteiger partial charge is 0.255 e. The summed E-state index contributed by atoms with van der Waals surface area (Å²) in [5.41, 5.74) is 4.80. The second-order valence-corrected chi connectivity index (χ2v) is 7.00. The zero-order chi connectivity index (χ0) is 17.6. The van der Waals surface area contributed by atoms with Gasteiger partial charge in [-0.1, -0.05) is 48.0 Å². The molecule has 0 aliphatic heterocycles. The molecule has 1 amide bonds. The van der Waals surface area contributed by atoms with Gasteiger partial charge in [-0.25, -0.2) is 18.6 Å². The van der Waals surface area contributed by atoms with Gasteiger partial charge < -0.3 is 0 Å². The molecular weight excluding hydrogens is 326 g/mol. The summed E-state index contributed by atoms with van der Waals surface area (Å²) in [7, 11) is -3.72. The predicted octanol–water partition coefficient (Wildman–Crippen LogP) is 1.81. The molecular formula is C17H19N3O3S. The number of hydrogen-bond donors (Lipinski definition) is 2. The third-order valence-corrected chi connectivity index (χ3v) is 4.71. The molecule has 0 aromatic heterocycles. The van der Waals surface area contributed by atoms with E-state index >= 15 is 0 Å². The van der Waals surface area contributed by atoms with E-state index in [2.05, 4.69) is 15.2 Å². The minimum atomic E-state index is -3.72. The summed E-state index contributed by atoms with van der Waals surface area (Å²) in [4.78, 5) is 11.9. The van der Waals surface area contributed by atoms with E-state index in [0.29, 0.717) is 5.71 Å². The van der Waals surface area contributed by atoms with Gasteiger partial charge in [-0.15, -0.1) is 0 Å². The Morgan fingerprint density at radius 3 is 2.29 bits per heavy atom. The summed E-state index contributed by atoms with van der Waals surface area (Å²) in [6.07, 6.45) is 0. The SMILES string of the molecule is C/C(=N\NC(=O)CNS(=O)(=O)c1ccc(C)cc1)c1ccccc1. The van der Waals surface area contributed by atoms with Crippen LogP contribution in [0.1, 0.15) is 18.1 Å². The third kappa shape index (κ3) is 5.00. The van der Waals surface area contributed by atoms with Crippen molar-refractivity contribution in [3.8, 4) is 0 Å². The molecule has 7 heteroatoms. The van der Waals surface area contributed by atoms with Crippen LogP contribution in [-0.4, -0.2) is 26.6 Å². The van der Waals surface area contributed by atoms with Crippen molar-refractivity contribution in [2.45, 2.75) is 18.7 Å². The van der Waals surface area contributed by atoms with Gasteiger partial charge in [0.1, 0.15) is 0 Å². The first kappa shape index (κ1) is 17.8. The molecule has 0 bridgehead atoms. The van der Waals surface area contributed by atoms with Gasteiger partial charge in [0.25, 0.3) is 5.91 Å². The molecule has 0 heterocycles. The van der Waals surface area contributed by atoms with Crippen LogP contribution in [0.5, 0.6) is 0 Å². The number of hydrazone groups is 1. The molecule has 0 radical (unpaired) electrons. The number of amides is 1. The molecule has 0 aliphatic carbocycles. The molecule has 2 rings (SSSR count). The molecule has 126 valence electrons. The van der Waals surface area contributed by atoms with Crippen molar-refractivity contribution in [1.82, 2.24) is 10.1 Å². The largest absolute Gasteiger partial charge is 0.272 e. The highest BCUT2D eigenvalue weighted by Crippen LogP contribution is 2.09. The average molecular weight is 345 g/mol. The standard InChI is InChI=1S/C17H19N3O3S/c1-13-8-10-16(11-9-13)24(22,23)18-12-17(21)20-19-14(2)15-6-4-3-5-7-15/h3-11,18H,12H2,1-2H3,(H,20,21)/b19-14+. The number of hydrogen-bond acceptors (Lipinski definition) is 4. The summed E-state index contributed by atoms with van der Waals surface area (Å²) < 4.78 is 26.4. The van der Waals surface area contributed by atoms with Crippen molar-refractivity contribution in [2.24, 2.45) is 5.10 Å². The van der Waals surface area contributed by atoms with Crippen LogP contribution in [0.25, 0.3) is 0 Å². The summed E-state index contributed by atoms with van der Waals surface area (Å²) >= 11 is 0. The fourth-order valence-corrected chi connectivity index (χ4v) is 2.87. The van der Waals surface area contributed by atoms with Crippen LogP contribution >= 0.6 is 0 Å². The molecule has 0 fully saturated rings. The molecule has 0 atom stereocenters. The number of rotatable bonds is 6. The molecule has 0 aliphatic rings. The van der Waals surface area contributed by atoms with Gasteiger partial charge in [-0.05, 0) is 31.5 Å². The maximum atomic E-state index is 12.1. The molecule has 6 nitrogen and oxygen atoms in total. The summed E-state index contributed by atoms with van der Waals surface area (Å²) in [5, 5.41) is 3.96. The topological polar surface area (TPSA) is 87.6 Å². The summed E-state index contributed by atoms with van der Waals surface area (Å²) in [6, 6.07) is 15.7. The normalized spacial score (nSPS) is 12.0. The molecule has 24 heavy (non-hydrogen) atoms. The molecule has 0 saturated carbocycles. The number of nitrogens with one attached hydrogen (secondary N) is 2. The number of nitrogens with zero attached hydrogens (tertiary/aromatic N) is 1. The van der Waals surface area contributed by atoms with Gasteiger partial charge in [0.2, 0.25) is 10.0 Å². The Morgan fingerprint density at radius 1 is 1.04 bits per heavy atom. The number of sulfonamides is 1. The number of carbonyl (C=O) groups excluding carboxylic acids is 1. The Kier molecular flexibility index (Phi) is 5.83. The highest BCUT2D eigenvalue weighted by Gasteiger charge is 2.15. The lowest BCUT2D eigenvalue weighted by molar-refractivity contribution is -0.119. The zero-order valence-corrected chi connectivity index (χ0v) is 14.3. The van der Waals surface area contributed by atoms with Gasteiger partial charge in [-0.3, -0.25) is 4.79 Å². The van der Waals surface area contributed by atoms with Crippen LogP contribution in [0, 0.1) is 6.92 Å². The first-order chi connectivity index (χ1) is 11.4. The predicted molar refractivity (Wildman–Crippen MR) is 93.2 cm³/mol. The lowest BCUT2D eigenvalue weighted by atomic mass is 10.1. The first-order valence-corrected chi connectivity index (χ1v) is 8.82. The van der Waals surface area contributed by atoms with Crippen molar-refractivity contribution >= 4 is 21.6 Å². The highest BCUT2D eigenvalue weighted by molar-refractivity contribution is 7.89. The van der Waals surface area contributed by atoms with Crippen LogP contribution in [0.3, 0.4) is 0 Å². The minimum Gasteiger partial charge on any atom is -0.272 e. The van der Waals surface area contributed by atoms with E-state index in [-0.39, 0.29) is 11.4 Å². The van der Waals surface area contributed by atoms with Crippen molar-refractivity contribution < 1.29 is 13.2 Å². The Labute approximate surface area is 141 Å². The number of carbonyl (C=O) groups is 1. The van der Waals surface area contributed by atoms with E-state index < -0.39 is 15.9 Å². The lowest BCUT2D eigenvalue weighted by Gasteiger charge is -2.07. The van der Waals surface area contributed by atoms with Gasteiger partial charge in [-0.2, -0.15) is 5.10 Å². The second kappa shape index (κ2) is 7.85. The van der Waals surface area contributed by atoms with E-state index in [4.69, 9.17) is 0 Å². The lowest BCUT2D eigenvalue weighted by Crippen LogP contribution is -2.35. The number of benzene rings is 2. The minimum absolute atomic E-state index is 0.116. The van der Waals surface area contributed by atoms with E-state index in [1.807, 2.05) is 37.3 Å². The summed E-state index contributed by atoms with van der Waals surface area (Å²) in [5.74, 6) is -0.541. The average Bonchev–Trinajstić information content (AvgIpc) is 2.59. The van der Waals surface area contributed by atoms with E-state index in [0.717, 1.165) is 11.1 Å². The molecule has 0 unspecified atom stereocenters. The van der Waals surface area contributed by atoms with E-state index in [1.165, 1.54) is 12.1 Å². The van der Waals surface area contributed by atoms with Gasteiger partial charge in [0, 0.05) is 0 Å². The molecule has 2 aromatic rings. The highest BCUT2D eigenvalue weighted by atomic mass is 32.2. The zero-order valence-electron chi connectivity index (χ0n) is 13.5.